The number of hydrogen-bond acceptors (Lipinski definition) is 7. The highest BCUT2D eigenvalue weighted by atomic mass is 32.2. The van der Waals surface area contributed by atoms with Gasteiger partial charge in [-0.15, -0.1) is 0 Å². The van der Waals surface area contributed by atoms with Crippen LogP contribution in [0.2, 0.25) is 0 Å². The van der Waals surface area contributed by atoms with Crippen molar-refractivity contribution in [2.24, 2.45) is 5.92 Å². The van der Waals surface area contributed by atoms with Crippen LogP contribution in [0.4, 0.5) is 10.8 Å². The lowest BCUT2D eigenvalue weighted by molar-refractivity contribution is 0.203. The van der Waals surface area contributed by atoms with E-state index in [0.29, 0.717) is 10.9 Å². The van der Waals surface area contributed by atoms with Gasteiger partial charge in [0.2, 0.25) is 0 Å². The molecule has 1 fully saturated rings. The quantitative estimate of drug-likeness (QED) is 0.833. The van der Waals surface area contributed by atoms with Gasteiger partial charge in [0.05, 0.1) is 0 Å². The first-order chi connectivity index (χ1) is 8.43. The first-order valence-corrected chi connectivity index (χ1v) is 8.41. The molecule has 0 spiro atoms. The number of aliphatic hydroxyl groups excluding tert-OH is 1. The van der Waals surface area contributed by atoms with Crippen LogP contribution in [0.25, 0.3) is 0 Å². The van der Waals surface area contributed by atoms with E-state index < -0.39 is 9.84 Å². The molecule has 0 amide bonds. The fraction of sp³-hybridized carbons (Fsp3) is 0.700. The van der Waals surface area contributed by atoms with Gasteiger partial charge < -0.3 is 15.7 Å². The van der Waals surface area contributed by atoms with Gasteiger partial charge in [-0.2, -0.15) is 4.37 Å². The van der Waals surface area contributed by atoms with Crippen LogP contribution < -0.4 is 10.6 Å². The number of anilines is 2. The van der Waals surface area contributed by atoms with Crippen molar-refractivity contribution in [1.29, 1.82) is 0 Å². The van der Waals surface area contributed by atoms with Gasteiger partial charge >= 0.3 is 0 Å². The molecule has 1 saturated heterocycles. The van der Waals surface area contributed by atoms with Crippen molar-refractivity contribution in [3.05, 3.63) is 0 Å². The molecule has 0 saturated carbocycles. The Hall–Kier alpha value is -0.860. The third kappa shape index (κ3) is 2.60. The monoisotopic (exact) mass is 291 g/mol. The molecule has 2 heterocycles. The first-order valence-electron chi connectivity index (χ1n) is 5.74. The van der Waals surface area contributed by atoms with Crippen molar-refractivity contribution in [2.45, 2.75) is 17.7 Å². The SMILES string of the molecule is CS(=O)(=O)c1c(N)nsc1N1CCC(CO)CC1. The molecule has 0 bridgehead atoms. The highest BCUT2D eigenvalue weighted by Crippen LogP contribution is 2.36. The second-order valence-corrected chi connectivity index (χ2v) is 7.29. The van der Waals surface area contributed by atoms with Crippen molar-refractivity contribution in [3.8, 4) is 0 Å². The number of nitrogen functional groups attached to an aromatic ring is 1. The molecule has 2 rings (SSSR count). The zero-order valence-electron chi connectivity index (χ0n) is 10.2. The molecule has 0 aliphatic carbocycles. The van der Waals surface area contributed by atoms with Crippen LogP contribution in [-0.2, 0) is 9.84 Å². The zero-order chi connectivity index (χ0) is 13.3. The maximum absolute atomic E-state index is 11.7. The number of sulfone groups is 1. The summed E-state index contributed by atoms with van der Waals surface area (Å²) >= 11 is 1.13. The molecule has 3 N–H and O–H groups in total. The number of nitrogens with two attached hydrogens (primary N) is 1. The molecule has 18 heavy (non-hydrogen) atoms. The van der Waals surface area contributed by atoms with Crippen molar-refractivity contribution >= 4 is 32.2 Å². The highest BCUT2D eigenvalue weighted by Gasteiger charge is 2.27. The second-order valence-electron chi connectivity index (χ2n) is 4.59. The third-order valence-electron chi connectivity index (χ3n) is 3.19. The van der Waals surface area contributed by atoms with E-state index in [0.717, 1.165) is 43.7 Å². The fourth-order valence-corrected chi connectivity index (χ4v) is 4.41. The van der Waals surface area contributed by atoms with Crippen LogP contribution in [0, 0.1) is 5.92 Å². The van der Waals surface area contributed by atoms with Gasteiger partial charge in [-0.1, -0.05) is 0 Å². The first kappa shape index (κ1) is 13.6. The number of hydrogen-bond donors (Lipinski definition) is 2. The lowest BCUT2D eigenvalue weighted by Crippen LogP contribution is -2.34. The summed E-state index contributed by atoms with van der Waals surface area (Å²) < 4.78 is 27.4. The van der Waals surface area contributed by atoms with E-state index in [2.05, 4.69) is 4.37 Å². The molecule has 0 radical (unpaired) electrons. The minimum atomic E-state index is -3.36. The minimum absolute atomic E-state index is 0.0850. The number of aromatic nitrogens is 1. The van der Waals surface area contributed by atoms with Crippen molar-refractivity contribution in [2.75, 3.05) is 36.6 Å². The van der Waals surface area contributed by atoms with Gasteiger partial charge in [-0.05, 0) is 30.3 Å². The molecule has 8 heteroatoms. The van der Waals surface area contributed by atoms with Crippen LogP contribution in [0.1, 0.15) is 12.8 Å². The molecular formula is C10H17N3O3S2. The van der Waals surface area contributed by atoms with Crippen molar-refractivity contribution in [1.82, 2.24) is 4.37 Å². The molecular weight excluding hydrogens is 274 g/mol. The fourth-order valence-electron chi connectivity index (χ4n) is 2.15. The molecule has 0 unspecified atom stereocenters. The Morgan fingerprint density at radius 1 is 1.50 bits per heavy atom. The summed E-state index contributed by atoms with van der Waals surface area (Å²) in [5.74, 6) is 0.398. The van der Waals surface area contributed by atoms with E-state index in [9.17, 15) is 8.42 Å². The maximum atomic E-state index is 11.7. The van der Waals surface area contributed by atoms with Crippen molar-refractivity contribution in [3.63, 3.8) is 0 Å². The molecule has 0 atom stereocenters. The maximum Gasteiger partial charge on any atom is 0.182 e. The predicted octanol–water partition coefficient (Wildman–Crippen LogP) is 0.337. The van der Waals surface area contributed by atoms with Crippen LogP contribution in [0.3, 0.4) is 0 Å². The standard InChI is InChI=1S/C10H17N3O3S2/c1-18(15,16)8-9(11)12-17-10(8)13-4-2-7(6-14)3-5-13/h7,14H,2-6H2,1H3,(H2,11,12). The summed E-state index contributed by atoms with van der Waals surface area (Å²) in [6.07, 6.45) is 2.87. The summed E-state index contributed by atoms with van der Waals surface area (Å²) in [7, 11) is -3.36. The van der Waals surface area contributed by atoms with Gasteiger partial charge in [-0.3, -0.25) is 0 Å². The van der Waals surface area contributed by atoms with Gasteiger partial charge in [0.15, 0.2) is 15.7 Å². The number of rotatable bonds is 3. The molecule has 1 aromatic rings. The topological polar surface area (TPSA) is 96.5 Å². The molecule has 0 aromatic carbocycles. The van der Waals surface area contributed by atoms with Crippen LogP contribution in [0.15, 0.2) is 4.90 Å². The average molecular weight is 291 g/mol. The van der Waals surface area contributed by atoms with Gasteiger partial charge in [0.1, 0.15) is 9.90 Å². The number of nitrogens with zero attached hydrogens (tertiary/aromatic N) is 2. The van der Waals surface area contributed by atoms with Gasteiger partial charge in [-0.25, -0.2) is 8.42 Å². The summed E-state index contributed by atoms with van der Waals surface area (Å²) in [6, 6.07) is 0. The Kier molecular flexibility index (Phi) is 3.79. The Balaban J connectivity index is 2.25. The van der Waals surface area contributed by atoms with Crippen molar-refractivity contribution < 1.29 is 13.5 Å². The van der Waals surface area contributed by atoms with Gasteiger partial charge in [0.25, 0.3) is 0 Å². The molecule has 1 aliphatic heterocycles. The Morgan fingerprint density at radius 2 is 2.11 bits per heavy atom. The van der Waals surface area contributed by atoms with Crippen LogP contribution in [0.5, 0.6) is 0 Å². The van der Waals surface area contributed by atoms with E-state index in [1.165, 1.54) is 0 Å². The molecule has 1 aliphatic rings. The lowest BCUT2D eigenvalue weighted by Gasteiger charge is -2.31. The molecule has 1 aromatic heterocycles. The predicted molar refractivity (Wildman–Crippen MR) is 71.7 cm³/mol. The van der Waals surface area contributed by atoms with Gasteiger partial charge in [0, 0.05) is 26.0 Å². The smallest absolute Gasteiger partial charge is 0.182 e. The van der Waals surface area contributed by atoms with E-state index in [4.69, 9.17) is 10.8 Å². The highest BCUT2D eigenvalue weighted by molar-refractivity contribution is 7.91. The van der Waals surface area contributed by atoms with Crippen LogP contribution >= 0.6 is 11.5 Å². The number of aliphatic hydroxyl groups is 1. The number of piperidine rings is 1. The normalized spacial score (nSPS) is 18.2. The van der Waals surface area contributed by atoms with E-state index in [1.54, 1.807) is 0 Å². The lowest BCUT2D eigenvalue weighted by atomic mass is 9.98. The summed E-state index contributed by atoms with van der Waals surface area (Å²) in [5.41, 5.74) is 5.64. The Labute approximate surface area is 111 Å². The van der Waals surface area contributed by atoms with Crippen LogP contribution in [-0.4, -0.2) is 43.9 Å². The third-order valence-corrected chi connectivity index (χ3v) is 5.38. The summed E-state index contributed by atoms with van der Waals surface area (Å²) in [5, 5.41) is 9.72. The molecule has 6 nitrogen and oxygen atoms in total. The Morgan fingerprint density at radius 3 is 2.61 bits per heavy atom. The Bertz CT molecular complexity index is 518. The van der Waals surface area contributed by atoms with E-state index >= 15 is 0 Å². The molecule has 102 valence electrons. The summed E-state index contributed by atoms with van der Waals surface area (Å²) in [6.45, 7) is 1.66. The van der Waals surface area contributed by atoms with E-state index in [-0.39, 0.29) is 17.3 Å². The largest absolute Gasteiger partial charge is 0.396 e. The average Bonchev–Trinajstić information content (AvgIpc) is 2.71. The van der Waals surface area contributed by atoms with E-state index in [1.807, 2.05) is 4.90 Å². The minimum Gasteiger partial charge on any atom is -0.396 e. The second kappa shape index (κ2) is 5.02. The summed E-state index contributed by atoms with van der Waals surface area (Å²) in [4.78, 5) is 2.14. The zero-order valence-corrected chi connectivity index (χ0v) is 11.8.